The van der Waals surface area contributed by atoms with E-state index < -0.39 is 0 Å². The summed E-state index contributed by atoms with van der Waals surface area (Å²) in [5.41, 5.74) is 2.81. The van der Waals surface area contributed by atoms with E-state index in [9.17, 15) is 0 Å². The summed E-state index contributed by atoms with van der Waals surface area (Å²) in [6.07, 6.45) is 6.25. The zero-order valence-electron chi connectivity index (χ0n) is 13.1. The molecule has 0 bridgehead atoms. The molecule has 1 fully saturated rings. The lowest BCUT2D eigenvalue weighted by Crippen LogP contribution is -2.40. The Labute approximate surface area is 127 Å². The first-order chi connectivity index (χ1) is 10.4. The standard InChI is InChI=1S/C17H27N3O/c1-21-11-9-18-12-14-4-3-10-20(13-14)17-8-7-15-5-2-6-16(15)19-17/h7-8,14,18H,2-6,9-13H2,1H3. The molecule has 1 N–H and O–H groups in total. The lowest BCUT2D eigenvalue weighted by Gasteiger charge is -2.34. The quantitative estimate of drug-likeness (QED) is 0.813. The summed E-state index contributed by atoms with van der Waals surface area (Å²) < 4.78 is 5.08. The molecule has 0 saturated carbocycles. The van der Waals surface area contributed by atoms with E-state index in [-0.39, 0.29) is 0 Å². The van der Waals surface area contributed by atoms with Gasteiger partial charge in [-0.2, -0.15) is 0 Å². The minimum absolute atomic E-state index is 0.727. The van der Waals surface area contributed by atoms with Gasteiger partial charge in [0.2, 0.25) is 0 Å². The van der Waals surface area contributed by atoms with Crippen LogP contribution in [0.25, 0.3) is 0 Å². The highest BCUT2D eigenvalue weighted by Gasteiger charge is 2.22. The minimum atomic E-state index is 0.727. The Hall–Kier alpha value is -1.13. The number of nitrogens with one attached hydrogen (secondary N) is 1. The molecule has 1 aliphatic carbocycles. The molecular formula is C17H27N3O. The molecule has 1 aromatic rings. The molecule has 0 amide bonds. The maximum absolute atomic E-state index is 5.08. The van der Waals surface area contributed by atoms with Gasteiger partial charge in [-0.15, -0.1) is 0 Å². The van der Waals surface area contributed by atoms with Crippen molar-refractivity contribution >= 4 is 5.82 Å². The van der Waals surface area contributed by atoms with Gasteiger partial charge < -0.3 is 15.0 Å². The number of ether oxygens (including phenoxy) is 1. The maximum atomic E-state index is 5.08. The average Bonchev–Trinajstić information content (AvgIpc) is 2.99. The van der Waals surface area contributed by atoms with Crippen LogP contribution in [0.1, 0.15) is 30.5 Å². The second kappa shape index (κ2) is 7.23. The Morgan fingerprint density at radius 1 is 1.33 bits per heavy atom. The molecule has 1 atom stereocenters. The first-order valence-corrected chi connectivity index (χ1v) is 8.30. The Balaban J connectivity index is 1.55. The lowest BCUT2D eigenvalue weighted by molar-refractivity contribution is 0.197. The van der Waals surface area contributed by atoms with Gasteiger partial charge in [0, 0.05) is 32.4 Å². The van der Waals surface area contributed by atoms with E-state index >= 15 is 0 Å². The highest BCUT2D eigenvalue weighted by molar-refractivity contribution is 5.43. The van der Waals surface area contributed by atoms with E-state index in [2.05, 4.69) is 22.3 Å². The SMILES string of the molecule is COCCNCC1CCCN(c2ccc3c(n2)CCC3)C1. The van der Waals surface area contributed by atoms with Crippen LogP contribution in [-0.4, -0.2) is 44.9 Å². The molecule has 21 heavy (non-hydrogen) atoms. The Bertz CT molecular complexity index is 463. The van der Waals surface area contributed by atoms with Crippen molar-refractivity contribution in [2.24, 2.45) is 5.92 Å². The number of piperidine rings is 1. The van der Waals surface area contributed by atoms with Crippen LogP contribution in [0, 0.1) is 5.92 Å². The van der Waals surface area contributed by atoms with Crippen LogP contribution in [0.4, 0.5) is 5.82 Å². The third-order valence-corrected chi connectivity index (χ3v) is 4.67. The molecule has 3 rings (SSSR count). The van der Waals surface area contributed by atoms with E-state index in [0.717, 1.165) is 38.7 Å². The molecule has 1 saturated heterocycles. The topological polar surface area (TPSA) is 37.4 Å². The number of rotatable bonds is 6. The van der Waals surface area contributed by atoms with Crippen LogP contribution in [0.5, 0.6) is 0 Å². The predicted molar refractivity (Wildman–Crippen MR) is 85.9 cm³/mol. The van der Waals surface area contributed by atoms with Crippen LogP contribution < -0.4 is 10.2 Å². The zero-order chi connectivity index (χ0) is 14.5. The van der Waals surface area contributed by atoms with E-state index in [1.807, 2.05) is 0 Å². The Kier molecular flexibility index (Phi) is 5.09. The average molecular weight is 289 g/mol. The van der Waals surface area contributed by atoms with Gasteiger partial charge in [0.15, 0.2) is 0 Å². The molecule has 0 aromatic carbocycles. The molecule has 116 valence electrons. The van der Waals surface area contributed by atoms with E-state index in [1.54, 1.807) is 7.11 Å². The van der Waals surface area contributed by atoms with Crippen molar-refractivity contribution in [2.75, 3.05) is 44.8 Å². The summed E-state index contributed by atoms with van der Waals surface area (Å²) >= 11 is 0. The third kappa shape index (κ3) is 3.74. The first kappa shape index (κ1) is 14.8. The molecule has 4 heteroatoms. The monoisotopic (exact) mass is 289 g/mol. The summed E-state index contributed by atoms with van der Waals surface area (Å²) in [7, 11) is 1.75. The molecule has 2 heterocycles. The van der Waals surface area contributed by atoms with E-state index in [0.29, 0.717) is 0 Å². The number of aryl methyl sites for hydroxylation is 2. The van der Waals surface area contributed by atoms with Gasteiger partial charge in [-0.05, 0) is 56.2 Å². The molecule has 0 radical (unpaired) electrons. The first-order valence-electron chi connectivity index (χ1n) is 8.30. The van der Waals surface area contributed by atoms with Crippen LogP contribution in [0.3, 0.4) is 0 Å². The van der Waals surface area contributed by atoms with Gasteiger partial charge in [-0.3, -0.25) is 0 Å². The zero-order valence-corrected chi connectivity index (χ0v) is 13.1. The third-order valence-electron chi connectivity index (χ3n) is 4.67. The highest BCUT2D eigenvalue weighted by atomic mass is 16.5. The van der Waals surface area contributed by atoms with Gasteiger partial charge in [0.1, 0.15) is 5.82 Å². The van der Waals surface area contributed by atoms with Crippen molar-refractivity contribution in [1.82, 2.24) is 10.3 Å². The molecule has 0 spiro atoms. The number of hydrogen-bond acceptors (Lipinski definition) is 4. The van der Waals surface area contributed by atoms with Gasteiger partial charge in [-0.1, -0.05) is 6.07 Å². The van der Waals surface area contributed by atoms with E-state index in [4.69, 9.17) is 9.72 Å². The van der Waals surface area contributed by atoms with Crippen molar-refractivity contribution < 1.29 is 4.74 Å². The molecule has 1 unspecified atom stereocenters. The van der Waals surface area contributed by atoms with Crippen LogP contribution in [0.2, 0.25) is 0 Å². The summed E-state index contributed by atoms with van der Waals surface area (Å²) in [5, 5.41) is 3.50. The number of fused-ring (bicyclic) bond motifs is 1. The van der Waals surface area contributed by atoms with Crippen LogP contribution in [0.15, 0.2) is 12.1 Å². The molecule has 1 aromatic heterocycles. The summed E-state index contributed by atoms with van der Waals surface area (Å²) in [6.45, 7) is 5.11. The van der Waals surface area contributed by atoms with Crippen molar-refractivity contribution in [3.63, 3.8) is 0 Å². The summed E-state index contributed by atoms with van der Waals surface area (Å²) in [4.78, 5) is 7.38. The van der Waals surface area contributed by atoms with Crippen molar-refractivity contribution in [3.8, 4) is 0 Å². The van der Waals surface area contributed by atoms with Crippen LogP contribution in [-0.2, 0) is 17.6 Å². The van der Waals surface area contributed by atoms with Gasteiger partial charge in [-0.25, -0.2) is 4.98 Å². The molecule has 2 aliphatic rings. The highest BCUT2D eigenvalue weighted by Crippen LogP contribution is 2.26. The fourth-order valence-electron chi connectivity index (χ4n) is 3.51. The molecular weight excluding hydrogens is 262 g/mol. The lowest BCUT2D eigenvalue weighted by atomic mass is 9.98. The predicted octanol–water partition coefficient (Wildman–Crippen LogP) is 2.02. The number of pyridine rings is 1. The van der Waals surface area contributed by atoms with Crippen LogP contribution >= 0.6 is 0 Å². The van der Waals surface area contributed by atoms with Gasteiger partial charge in [0.25, 0.3) is 0 Å². The number of anilines is 1. The van der Waals surface area contributed by atoms with Crippen molar-refractivity contribution in [3.05, 3.63) is 23.4 Å². The summed E-state index contributed by atoms with van der Waals surface area (Å²) in [6, 6.07) is 4.52. The maximum Gasteiger partial charge on any atom is 0.128 e. The number of hydrogen-bond donors (Lipinski definition) is 1. The largest absolute Gasteiger partial charge is 0.383 e. The second-order valence-electron chi connectivity index (χ2n) is 6.28. The minimum Gasteiger partial charge on any atom is -0.383 e. The van der Waals surface area contributed by atoms with Crippen molar-refractivity contribution in [1.29, 1.82) is 0 Å². The molecule has 1 aliphatic heterocycles. The molecule has 4 nitrogen and oxygen atoms in total. The normalized spacial score (nSPS) is 21.6. The van der Waals surface area contributed by atoms with E-state index in [1.165, 1.54) is 49.2 Å². The Morgan fingerprint density at radius 3 is 3.19 bits per heavy atom. The van der Waals surface area contributed by atoms with Gasteiger partial charge in [0.05, 0.1) is 6.61 Å². The van der Waals surface area contributed by atoms with Crippen molar-refractivity contribution in [2.45, 2.75) is 32.1 Å². The fourth-order valence-corrected chi connectivity index (χ4v) is 3.51. The smallest absolute Gasteiger partial charge is 0.128 e. The Morgan fingerprint density at radius 2 is 2.29 bits per heavy atom. The second-order valence-corrected chi connectivity index (χ2v) is 6.28. The number of methoxy groups -OCH3 is 1. The fraction of sp³-hybridized carbons (Fsp3) is 0.706. The van der Waals surface area contributed by atoms with Gasteiger partial charge >= 0.3 is 0 Å². The number of aromatic nitrogens is 1. The summed E-state index contributed by atoms with van der Waals surface area (Å²) in [5.74, 6) is 1.92. The number of nitrogens with zero attached hydrogens (tertiary/aromatic N) is 2.